The molecule has 1 fully saturated rings. The number of fused-ring (bicyclic) bond motifs is 1. The standard InChI is InChI=1S/C18H20N6O2/c1-22-17(25)9-15(11-20-22)23-3-5-24(6-4-23)18-13(10-19)8-14-12-26-7-2-16(14)21-18/h8-9,11H,2-7,12H2,1H3. The van der Waals surface area contributed by atoms with Gasteiger partial charge in [0.05, 0.1) is 36.4 Å². The van der Waals surface area contributed by atoms with Crippen LogP contribution in [0.2, 0.25) is 0 Å². The van der Waals surface area contributed by atoms with E-state index in [4.69, 9.17) is 9.72 Å². The summed E-state index contributed by atoms with van der Waals surface area (Å²) in [6.07, 6.45) is 2.50. The van der Waals surface area contributed by atoms with Gasteiger partial charge in [0.2, 0.25) is 0 Å². The van der Waals surface area contributed by atoms with Gasteiger partial charge in [-0.2, -0.15) is 10.4 Å². The van der Waals surface area contributed by atoms with Crippen LogP contribution in [0.4, 0.5) is 11.5 Å². The molecule has 2 aliphatic heterocycles. The molecule has 0 unspecified atom stereocenters. The molecule has 1 saturated heterocycles. The summed E-state index contributed by atoms with van der Waals surface area (Å²) in [5.41, 5.74) is 3.36. The van der Waals surface area contributed by atoms with Crippen molar-refractivity contribution in [2.45, 2.75) is 13.0 Å². The van der Waals surface area contributed by atoms with Crippen molar-refractivity contribution < 1.29 is 4.74 Å². The van der Waals surface area contributed by atoms with Crippen LogP contribution in [0.3, 0.4) is 0 Å². The average molecular weight is 352 g/mol. The van der Waals surface area contributed by atoms with Crippen LogP contribution in [0.5, 0.6) is 0 Å². The zero-order valence-corrected chi connectivity index (χ0v) is 14.7. The number of anilines is 2. The highest BCUT2D eigenvalue weighted by Gasteiger charge is 2.23. The third-order valence-electron chi connectivity index (χ3n) is 4.93. The number of aromatic nitrogens is 3. The molecule has 0 bridgehead atoms. The van der Waals surface area contributed by atoms with Crippen LogP contribution in [-0.2, 0) is 24.8 Å². The highest BCUT2D eigenvalue weighted by atomic mass is 16.5. The fraction of sp³-hybridized carbons (Fsp3) is 0.444. The molecule has 0 saturated carbocycles. The van der Waals surface area contributed by atoms with Gasteiger partial charge >= 0.3 is 0 Å². The van der Waals surface area contributed by atoms with Gasteiger partial charge < -0.3 is 14.5 Å². The lowest BCUT2D eigenvalue weighted by molar-refractivity contribution is 0.109. The Kier molecular flexibility index (Phi) is 4.31. The van der Waals surface area contributed by atoms with E-state index in [9.17, 15) is 10.1 Å². The van der Waals surface area contributed by atoms with Crippen LogP contribution < -0.4 is 15.4 Å². The van der Waals surface area contributed by atoms with E-state index in [1.165, 1.54) is 4.68 Å². The van der Waals surface area contributed by atoms with E-state index in [1.807, 2.05) is 6.07 Å². The Labute approximate surface area is 151 Å². The van der Waals surface area contributed by atoms with Gasteiger partial charge in [-0.05, 0) is 6.07 Å². The van der Waals surface area contributed by atoms with Crippen LogP contribution in [-0.4, -0.2) is 47.6 Å². The van der Waals surface area contributed by atoms with Gasteiger partial charge in [-0.25, -0.2) is 9.67 Å². The second kappa shape index (κ2) is 6.77. The Morgan fingerprint density at radius 1 is 1.19 bits per heavy atom. The summed E-state index contributed by atoms with van der Waals surface area (Å²) < 4.78 is 6.78. The second-order valence-corrected chi connectivity index (χ2v) is 6.53. The zero-order valence-electron chi connectivity index (χ0n) is 14.7. The van der Waals surface area contributed by atoms with Crippen LogP contribution in [0.1, 0.15) is 16.8 Å². The van der Waals surface area contributed by atoms with Crippen molar-refractivity contribution >= 4 is 11.5 Å². The van der Waals surface area contributed by atoms with Crippen molar-refractivity contribution in [3.8, 4) is 6.07 Å². The fourth-order valence-electron chi connectivity index (χ4n) is 3.41. The second-order valence-electron chi connectivity index (χ2n) is 6.53. The summed E-state index contributed by atoms with van der Waals surface area (Å²) >= 11 is 0. The lowest BCUT2D eigenvalue weighted by atomic mass is 10.1. The summed E-state index contributed by atoms with van der Waals surface area (Å²) in [5, 5.41) is 13.6. The molecule has 134 valence electrons. The van der Waals surface area contributed by atoms with Crippen molar-refractivity contribution in [3.63, 3.8) is 0 Å². The lowest BCUT2D eigenvalue weighted by Gasteiger charge is -2.37. The average Bonchev–Trinajstić information content (AvgIpc) is 2.69. The minimum atomic E-state index is -0.115. The number of hydrogen-bond donors (Lipinski definition) is 0. The van der Waals surface area contributed by atoms with E-state index in [0.717, 1.165) is 55.4 Å². The zero-order chi connectivity index (χ0) is 18.1. The molecule has 26 heavy (non-hydrogen) atoms. The predicted octanol–water partition coefficient (Wildman–Crippen LogP) is 0.446. The fourth-order valence-corrected chi connectivity index (χ4v) is 3.41. The van der Waals surface area contributed by atoms with Gasteiger partial charge in [0, 0.05) is 51.3 Å². The number of rotatable bonds is 2. The van der Waals surface area contributed by atoms with E-state index in [2.05, 4.69) is 21.0 Å². The summed E-state index contributed by atoms with van der Waals surface area (Å²) in [7, 11) is 1.64. The Bertz CT molecular complexity index is 924. The largest absolute Gasteiger partial charge is 0.376 e. The van der Waals surface area contributed by atoms with Gasteiger partial charge in [0.25, 0.3) is 5.56 Å². The van der Waals surface area contributed by atoms with Gasteiger partial charge in [0.1, 0.15) is 11.9 Å². The normalized spacial score (nSPS) is 16.9. The molecule has 8 nitrogen and oxygen atoms in total. The van der Waals surface area contributed by atoms with Crippen molar-refractivity contribution in [1.82, 2.24) is 14.8 Å². The minimum Gasteiger partial charge on any atom is -0.376 e. The van der Waals surface area contributed by atoms with Gasteiger partial charge in [-0.3, -0.25) is 4.79 Å². The molecule has 2 aromatic heterocycles. The number of piperazine rings is 1. The molecule has 0 aromatic carbocycles. The minimum absolute atomic E-state index is 0.115. The van der Waals surface area contributed by atoms with Crippen LogP contribution >= 0.6 is 0 Å². The third kappa shape index (κ3) is 3.02. The summed E-state index contributed by atoms with van der Waals surface area (Å²) in [6, 6.07) is 5.79. The van der Waals surface area contributed by atoms with Crippen LogP contribution in [0, 0.1) is 11.3 Å². The SMILES string of the molecule is Cn1ncc(N2CCN(c3nc4c(cc3C#N)COCC4)CC2)cc1=O. The van der Waals surface area contributed by atoms with E-state index in [1.54, 1.807) is 19.3 Å². The van der Waals surface area contributed by atoms with Crippen molar-refractivity contribution in [1.29, 1.82) is 5.26 Å². The molecule has 0 spiro atoms. The number of nitriles is 1. The van der Waals surface area contributed by atoms with Crippen molar-refractivity contribution in [2.75, 3.05) is 42.6 Å². The van der Waals surface area contributed by atoms with Crippen molar-refractivity contribution in [2.24, 2.45) is 7.05 Å². The molecule has 8 heteroatoms. The first-order valence-electron chi connectivity index (χ1n) is 8.69. The lowest BCUT2D eigenvalue weighted by Crippen LogP contribution is -2.47. The van der Waals surface area contributed by atoms with Gasteiger partial charge in [-0.15, -0.1) is 0 Å². The molecule has 0 aliphatic carbocycles. The highest BCUT2D eigenvalue weighted by molar-refractivity contribution is 5.57. The maximum Gasteiger partial charge on any atom is 0.268 e. The van der Waals surface area contributed by atoms with Crippen LogP contribution in [0.25, 0.3) is 0 Å². The first kappa shape index (κ1) is 16.5. The summed E-state index contributed by atoms with van der Waals surface area (Å²) in [4.78, 5) is 20.9. The molecule has 4 heterocycles. The molecule has 4 rings (SSSR count). The molecule has 0 N–H and O–H groups in total. The molecule has 0 amide bonds. The third-order valence-corrected chi connectivity index (χ3v) is 4.93. The quantitative estimate of drug-likeness (QED) is 0.775. The Morgan fingerprint density at radius 2 is 1.96 bits per heavy atom. The van der Waals surface area contributed by atoms with Gasteiger partial charge in [0.15, 0.2) is 0 Å². The molecule has 0 radical (unpaired) electrons. The number of hydrogen-bond acceptors (Lipinski definition) is 7. The van der Waals surface area contributed by atoms with Gasteiger partial charge in [-0.1, -0.05) is 0 Å². The molecular weight excluding hydrogens is 332 g/mol. The highest BCUT2D eigenvalue weighted by Crippen LogP contribution is 2.26. The molecular formula is C18H20N6O2. The first-order chi connectivity index (χ1) is 12.7. The Hall–Kier alpha value is -2.92. The Morgan fingerprint density at radius 3 is 2.69 bits per heavy atom. The van der Waals surface area contributed by atoms with Crippen LogP contribution in [0.15, 0.2) is 23.1 Å². The Balaban J connectivity index is 1.53. The number of ether oxygens (including phenoxy) is 1. The maximum absolute atomic E-state index is 11.8. The number of pyridine rings is 1. The van der Waals surface area contributed by atoms with E-state index in [0.29, 0.717) is 18.8 Å². The predicted molar refractivity (Wildman–Crippen MR) is 96.2 cm³/mol. The molecule has 2 aromatic rings. The van der Waals surface area contributed by atoms with Crippen molar-refractivity contribution in [3.05, 3.63) is 45.5 Å². The van der Waals surface area contributed by atoms with E-state index < -0.39 is 0 Å². The summed E-state index contributed by atoms with van der Waals surface area (Å²) in [6.45, 7) is 4.19. The smallest absolute Gasteiger partial charge is 0.268 e. The number of nitrogens with zero attached hydrogens (tertiary/aromatic N) is 6. The topological polar surface area (TPSA) is 87.3 Å². The first-order valence-corrected chi connectivity index (χ1v) is 8.69. The van der Waals surface area contributed by atoms with E-state index in [-0.39, 0.29) is 5.56 Å². The monoisotopic (exact) mass is 352 g/mol. The molecule has 2 aliphatic rings. The maximum atomic E-state index is 11.8. The molecule has 0 atom stereocenters. The van der Waals surface area contributed by atoms with E-state index >= 15 is 0 Å². The summed E-state index contributed by atoms with van der Waals surface area (Å²) in [5.74, 6) is 0.759. The number of aryl methyl sites for hydroxylation is 1.